The number of nitro groups is 1. The molecule has 0 saturated heterocycles. The van der Waals surface area contributed by atoms with E-state index in [0.29, 0.717) is 5.56 Å². The third-order valence-corrected chi connectivity index (χ3v) is 3.66. The Morgan fingerprint density at radius 2 is 1.96 bits per heavy atom. The highest BCUT2D eigenvalue weighted by Gasteiger charge is 2.17. The molecule has 0 bridgehead atoms. The van der Waals surface area contributed by atoms with Gasteiger partial charge >= 0.3 is 0 Å². The molecule has 1 aromatic heterocycles. The van der Waals surface area contributed by atoms with Crippen molar-refractivity contribution in [3.63, 3.8) is 0 Å². The molecule has 3 aromatic rings. The summed E-state index contributed by atoms with van der Waals surface area (Å²) >= 11 is 5.77. The minimum Gasteiger partial charge on any atom is -0.451 e. The van der Waals surface area contributed by atoms with E-state index in [9.17, 15) is 19.3 Å². The van der Waals surface area contributed by atoms with Gasteiger partial charge in [-0.15, -0.1) is 0 Å². The zero-order valence-electron chi connectivity index (χ0n) is 12.5. The fourth-order valence-electron chi connectivity index (χ4n) is 2.18. The minimum absolute atomic E-state index is 0.00405. The third kappa shape index (κ3) is 3.67. The molecule has 126 valence electrons. The maximum atomic E-state index is 13.1. The number of furan rings is 1. The van der Waals surface area contributed by atoms with Crippen molar-refractivity contribution in [3.05, 3.63) is 81.3 Å². The summed E-state index contributed by atoms with van der Waals surface area (Å²) in [5, 5.41) is 13.4. The molecule has 0 aliphatic carbocycles. The van der Waals surface area contributed by atoms with E-state index in [-0.39, 0.29) is 27.9 Å². The molecule has 0 atom stereocenters. The molecule has 0 fully saturated rings. The van der Waals surface area contributed by atoms with E-state index in [1.807, 2.05) is 0 Å². The van der Waals surface area contributed by atoms with Crippen LogP contribution >= 0.6 is 11.6 Å². The van der Waals surface area contributed by atoms with Crippen LogP contribution in [0.4, 0.5) is 15.8 Å². The van der Waals surface area contributed by atoms with Crippen LogP contribution in [0.1, 0.15) is 10.6 Å². The predicted molar refractivity (Wildman–Crippen MR) is 90.2 cm³/mol. The fraction of sp³-hybridized carbons (Fsp3) is 0. The smallest absolute Gasteiger partial charge is 0.291 e. The molecule has 1 heterocycles. The SMILES string of the molecule is O=C(Nc1cccc(F)c1)c1ccc(-c2ccc(Cl)c([N+](=O)[O-])c2)o1. The lowest BCUT2D eigenvalue weighted by Crippen LogP contribution is -2.10. The normalized spacial score (nSPS) is 10.5. The van der Waals surface area contributed by atoms with Crippen molar-refractivity contribution in [2.75, 3.05) is 5.32 Å². The van der Waals surface area contributed by atoms with Gasteiger partial charge in [-0.25, -0.2) is 4.39 Å². The Labute approximate surface area is 146 Å². The molecule has 1 amide bonds. The van der Waals surface area contributed by atoms with Gasteiger partial charge in [0.2, 0.25) is 0 Å². The van der Waals surface area contributed by atoms with Gasteiger partial charge in [-0.2, -0.15) is 0 Å². The number of halogens is 2. The Hall–Kier alpha value is -3.19. The second-order valence-corrected chi connectivity index (χ2v) is 5.46. The van der Waals surface area contributed by atoms with Crippen molar-refractivity contribution in [2.24, 2.45) is 0 Å². The van der Waals surface area contributed by atoms with Crippen LogP contribution in [0.5, 0.6) is 0 Å². The highest BCUT2D eigenvalue weighted by atomic mass is 35.5. The van der Waals surface area contributed by atoms with Crippen molar-refractivity contribution < 1.29 is 18.5 Å². The number of carbonyl (C=O) groups excluding carboxylic acids is 1. The maximum absolute atomic E-state index is 13.1. The quantitative estimate of drug-likeness (QED) is 0.529. The van der Waals surface area contributed by atoms with Crippen LogP contribution in [0.3, 0.4) is 0 Å². The summed E-state index contributed by atoms with van der Waals surface area (Å²) in [5.74, 6) is -0.798. The fourth-order valence-corrected chi connectivity index (χ4v) is 2.37. The van der Waals surface area contributed by atoms with Gasteiger partial charge < -0.3 is 9.73 Å². The number of benzene rings is 2. The lowest BCUT2D eigenvalue weighted by molar-refractivity contribution is -0.384. The summed E-state index contributed by atoms with van der Waals surface area (Å²) in [6, 6.07) is 12.5. The first-order valence-electron chi connectivity index (χ1n) is 7.05. The van der Waals surface area contributed by atoms with Crippen LogP contribution in [0.25, 0.3) is 11.3 Å². The number of nitrogens with one attached hydrogen (secondary N) is 1. The number of nitrogens with zero attached hydrogens (tertiary/aromatic N) is 1. The monoisotopic (exact) mass is 360 g/mol. The number of anilines is 1. The molecule has 0 unspecified atom stereocenters. The average molecular weight is 361 g/mol. The Morgan fingerprint density at radius 3 is 2.68 bits per heavy atom. The molecule has 0 radical (unpaired) electrons. The van der Waals surface area contributed by atoms with Gasteiger partial charge in [0.15, 0.2) is 5.76 Å². The number of hydrogen-bond donors (Lipinski definition) is 1. The molecular formula is C17H10ClFN2O4. The summed E-state index contributed by atoms with van der Waals surface area (Å²) in [7, 11) is 0. The number of nitro benzene ring substituents is 1. The lowest BCUT2D eigenvalue weighted by Gasteiger charge is -2.03. The Kier molecular flexibility index (Phi) is 4.49. The van der Waals surface area contributed by atoms with Crippen LogP contribution in [-0.4, -0.2) is 10.8 Å². The molecule has 0 aliphatic heterocycles. The molecule has 8 heteroatoms. The molecule has 2 aromatic carbocycles. The first kappa shape index (κ1) is 16.7. The van der Waals surface area contributed by atoms with Crippen LogP contribution < -0.4 is 5.32 Å². The van der Waals surface area contributed by atoms with Gasteiger partial charge in [-0.1, -0.05) is 17.7 Å². The highest BCUT2D eigenvalue weighted by molar-refractivity contribution is 6.32. The van der Waals surface area contributed by atoms with Crippen molar-refractivity contribution in [3.8, 4) is 11.3 Å². The van der Waals surface area contributed by atoms with E-state index in [4.69, 9.17) is 16.0 Å². The number of hydrogen-bond acceptors (Lipinski definition) is 4. The molecule has 6 nitrogen and oxygen atoms in total. The van der Waals surface area contributed by atoms with E-state index in [2.05, 4.69) is 5.32 Å². The van der Waals surface area contributed by atoms with E-state index < -0.39 is 16.6 Å². The van der Waals surface area contributed by atoms with Gasteiger partial charge in [0.1, 0.15) is 16.6 Å². The molecule has 0 spiro atoms. The van der Waals surface area contributed by atoms with Crippen LogP contribution in [0.15, 0.2) is 59.0 Å². The first-order valence-corrected chi connectivity index (χ1v) is 7.43. The Bertz CT molecular complexity index is 971. The summed E-state index contributed by atoms with van der Waals surface area (Å²) in [6.45, 7) is 0. The van der Waals surface area contributed by atoms with E-state index in [1.54, 1.807) is 6.07 Å². The van der Waals surface area contributed by atoms with Gasteiger partial charge in [0, 0.05) is 17.3 Å². The summed E-state index contributed by atoms with van der Waals surface area (Å²) in [5.41, 5.74) is 0.423. The molecular weight excluding hydrogens is 351 g/mol. The molecule has 0 aliphatic rings. The van der Waals surface area contributed by atoms with Crippen molar-refractivity contribution in [1.29, 1.82) is 0 Å². The highest BCUT2D eigenvalue weighted by Crippen LogP contribution is 2.31. The second kappa shape index (κ2) is 6.74. The summed E-state index contributed by atoms with van der Waals surface area (Å²) in [4.78, 5) is 22.5. The lowest BCUT2D eigenvalue weighted by atomic mass is 10.1. The van der Waals surface area contributed by atoms with Crippen molar-refractivity contribution in [1.82, 2.24) is 0 Å². The Morgan fingerprint density at radius 1 is 1.16 bits per heavy atom. The van der Waals surface area contributed by atoms with Gasteiger partial charge in [-0.05, 0) is 42.5 Å². The largest absolute Gasteiger partial charge is 0.451 e. The zero-order chi connectivity index (χ0) is 18.0. The first-order chi connectivity index (χ1) is 11.9. The summed E-state index contributed by atoms with van der Waals surface area (Å²) < 4.78 is 18.6. The average Bonchev–Trinajstić information content (AvgIpc) is 3.05. The van der Waals surface area contributed by atoms with E-state index in [0.717, 1.165) is 0 Å². The van der Waals surface area contributed by atoms with Crippen molar-refractivity contribution in [2.45, 2.75) is 0 Å². The van der Waals surface area contributed by atoms with Crippen LogP contribution in [0.2, 0.25) is 5.02 Å². The molecule has 3 rings (SSSR count). The second-order valence-electron chi connectivity index (χ2n) is 5.05. The van der Waals surface area contributed by atoms with Gasteiger partial charge in [0.25, 0.3) is 11.6 Å². The summed E-state index contributed by atoms with van der Waals surface area (Å²) in [6.07, 6.45) is 0. The van der Waals surface area contributed by atoms with Gasteiger partial charge in [-0.3, -0.25) is 14.9 Å². The van der Waals surface area contributed by atoms with Gasteiger partial charge in [0.05, 0.1) is 4.92 Å². The van der Waals surface area contributed by atoms with Crippen LogP contribution in [-0.2, 0) is 0 Å². The molecule has 1 N–H and O–H groups in total. The minimum atomic E-state index is -0.605. The maximum Gasteiger partial charge on any atom is 0.291 e. The molecule has 0 saturated carbocycles. The van der Waals surface area contributed by atoms with E-state index >= 15 is 0 Å². The molecule has 25 heavy (non-hydrogen) atoms. The number of amides is 1. The topological polar surface area (TPSA) is 85.4 Å². The Balaban J connectivity index is 1.84. The van der Waals surface area contributed by atoms with Crippen LogP contribution in [0, 0.1) is 15.9 Å². The number of carbonyl (C=O) groups is 1. The predicted octanol–water partition coefficient (Wildman–Crippen LogP) is 4.90. The third-order valence-electron chi connectivity index (χ3n) is 3.34. The zero-order valence-corrected chi connectivity index (χ0v) is 13.3. The van der Waals surface area contributed by atoms with E-state index in [1.165, 1.54) is 48.5 Å². The number of rotatable bonds is 4. The standard InChI is InChI=1S/C17H10ClFN2O4/c18-13-5-4-10(8-14(13)21(23)24)15-6-7-16(25-15)17(22)20-12-3-1-2-11(19)9-12/h1-9H,(H,20,22). The van der Waals surface area contributed by atoms with Crippen molar-refractivity contribution >= 4 is 28.9 Å².